The van der Waals surface area contributed by atoms with E-state index in [1.807, 2.05) is 78.2 Å². The Hall–Kier alpha value is -4.20. The molecule has 1 saturated heterocycles. The summed E-state index contributed by atoms with van der Waals surface area (Å²) in [6.07, 6.45) is 3.87. The second-order valence-electron chi connectivity index (χ2n) is 10.3. The molecular weight excluding hydrogens is 476 g/mol. The Labute approximate surface area is 224 Å². The van der Waals surface area contributed by atoms with Crippen LogP contribution < -0.4 is 10.0 Å². The molecule has 8 nitrogen and oxygen atoms in total. The molecule has 1 fully saturated rings. The van der Waals surface area contributed by atoms with Crippen LogP contribution in [0.3, 0.4) is 0 Å². The molecule has 8 heteroatoms. The minimum atomic E-state index is -0.103. The smallest absolute Gasteiger partial charge is 0.282 e. The number of anilines is 2. The first-order chi connectivity index (χ1) is 18.1. The minimum absolute atomic E-state index is 0.103. The van der Waals surface area contributed by atoms with Crippen LogP contribution in [0.4, 0.5) is 11.4 Å². The van der Waals surface area contributed by atoms with Gasteiger partial charge in [0.1, 0.15) is 0 Å². The Balaban J connectivity index is 1.25. The van der Waals surface area contributed by atoms with Crippen LogP contribution in [0.15, 0.2) is 70.1 Å². The number of nitrogens with zero attached hydrogens (tertiary/aromatic N) is 6. The van der Waals surface area contributed by atoms with Gasteiger partial charge < -0.3 is 9.80 Å². The minimum Gasteiger partial charge on any atom is -0.373 e. The predicted octanol–water partition coefficient (Wildman–Crippen LogP) is 4.45. The van der Waals surface area contributed by atoms with Crippen molar-refractivity contribution in [3.05, 3.63) is 82.2 Å². The van der Waals surface area contributed by atoms with Crippen LogP contribution in [0.25, 0.3) is 0 Å². The number of hydrogen-bond donors (Lipinski definition) is 0. The fourth-order valence-electron chi connectivity index (χ4n) is 5.11. The van der Waals surface area contributed by atoms with E-state index >= 15 is 0 Å². The largest absolute Gasteiger partial charge is 0.373 e. The molecule has 3 heterocycles. The topological polar surface area (TPSA) is 71.8 Å². The highest BCUT2D eigenvalue weighted by atomic mass is 16.2. The normalized spacial score (nSPS) is 20.3. The van der Waals surface area contributed by atoms with Gasteiger partial charge in [-0.15, -0.1) is 0 Å². The van der Waals surface area contributed by atoms with Crippen molar-refractivity contribution in [3.8, 4) is 0 Å². The Bertz CT molecular complexity index is 1330. The molecule has 0 spiro atoms. The molecule has 0 atom stereocenters. The third kappa shape index (κ3) is 4.74. The molecule has 3 aliphatic heterocycles. The summed E-state index contributed by atoms with van der Waals surface area (Å²) < 4.78 is 0. The Morgan fingerprint density at radius 1 is 0.605 bits per heavy atom. The number of piperazine rings is 1. The van der Waals surface area contributed by atoms with E-state index in [0.717, 1.165) is 71.2 Å². The monoisotopic (exact) mass is 510 g/mol. The lowest BCUT2D eigenvalue weighted by atomic mass is 10.1. The summed E-state index contributed by atoms with van der Waals surface area (Å²) >= 11 is 0. The average Bonchev–Trinajstić information content (AvgIpc) is 3.30. The third-order valence-corrected chi connectivity index (χ3v) is 7.26. The van der Waals surface area contributed by atoms with Crippen molar-refractivity contribution in [2.45, 2.75) is 41.5 Å². The molecule has 2 aromatic rings. The fourth-order valence-corrected chi connectivity index (χ4v) is 5.11. The molecule has 0 aliphatic carbocycles. The maximum Gasteiger partial charge on any atom is 0.282 e. The Morgan fingerprint density at radius 3 is 1.32 bits per heavy atom. The van der Waals surface area contributed by atoms with Gasteiger partial charge in [-0.3, -0.25) is 9.59 Å². The van der Waals surface area contributed by atoms with Gasteiger partial charge in [-0.2, -0.15) is 20.2 Å². The summed E-state index contributed by atoms with van der Waals surface area (Å²) in [5, 5.41) is 12.1. The summed E-state index contributed by atoms with van der Waals surface area (Å²) in [6, 6.07) is 12.0. The quantitative estimate of drug-likeness (QED) is 0.570. The lowest BCUT2D eigenvalue weighted by Gasteiger charge is -2.34. The highest BCUT2D eigenvalue weighted by Gasteiger charge is 2.32. The zero-order valence-electron chi connectivity index (χ0n) is 22.9. The molecule has 196 valence electrons. The van der Waals surface area contributed by atoms with Crippen LogP contribution in [0, 0.1) is 27.7 Å². The summed E-state index contributed by atoms with van der Waals surface area (Å²) in [5.74, 6) is -0.206. The van der Waals surface area contributed by atoms with Crippen molar-refractivity contribution in [2.75, 3.05) is 36.2 Å². The van der Waals surface area contributed by atoms with Crippen LogP contribution in [0.1, 0.15) is 36.1 Å². The molecule has 0 radical (unpaired) electrons. The number of hydrogen-bond acceptors (Lipinski definition) is 6. The van der Waals surface area contributed by atoms with Gasteiger partial charge >= 0.3 is 0 Å². The molecule has 0 N–H and O–H groups in total. The van der Waals surface area contributed by atoms with Crippen LogP contribution >= 0.6 is 0 Å². The second-order valence-corrected chi connectivity index (χ2v) is 10.3. The summed E-state index contributed by atoms with van der Waals surface area (Å²) in [7, 11) is 0. The predicted molar refractivity (Wildman–Crippen MR) is 152 cm³/mol. The highest BCUT2D eigenvalue weighted by Crippen LogP contribution is 2.29. The van der Waals surface area contributed by atoms with Gasteiger partial charge in [0.2, 0.25) is 0 Å². The zero-order chi connectivity index (χ0) is 27.1. The van der Waals surface area contributed by atoms with Gasteiger partial charge in [0.15, 0.2) is 0 Å². The van der Waals surface area contributed by atoms with Gasteiger partial charge in [-0.05, 0) is 64.8 Å². The second kappa shape index (κ2) is 9.93. The SMILES string of the molecule is CC1=NN(c2ccc(C)cc2C)C(=O)/C1=C/N1CCN(/C=C2/C(=O)N(c3ccc(C)cc3C)N=C2C)CC1. The molecule has 2 aromatic carbocycles. The molecule has 2 amide bonds. The van der Waals surface area contributed by atoms with E-state index in [-0.39, 0.29) is 11.8 Å². The van der Waals surface area contributed by atoms with Crippen molar-refractivity contribution >= 4 is 34.6 Å². The van der Waals surface area contributed by atoms with E-state index in [9.17, 15) is 9.59 Å². The van der Waals surface area contributed by atoms with E-state index < -0.39 is 0 Å². The van der Waals surface area contributed by atoms with Crippen molar-refractivity contribution in [1.82, 2.24) is 9.80 Å². The maximum atomic E-state index is 13.2. The summed E-state index contributed by atoms with van der Waals surface area (Å²) in [6.45, 7) is 14.8. The maximum absolute atomic E-state index is 13.2. The lowest BCUT2D eigenvalue weighted by Crippen LogP contribution is -2.42. The number of aryl methyl sites for hydroxylation is 4. The van der Waals surface area contributed by atoms with Crippen LogP contribution in [-0.4, -0.2) is 59.2 Å². The van der Waals surface area contributed by atoms with Gasteiger partial charge in [-0.1, -0.05) is 35.4 Å². The van der Waals surface area contributed by atoms with E-state index in [0.29, 0.717) is 11.1 Å². The van der Waals surface area contributed by atoms with Crippen molar-refractivity contribution < 1.29 is 9.59 Å². The van der Waals surface area contributed by atoms with Gasteiger partial charge in [0.05, 0.1) is 33.9 Å². The highest BCUT2D eigenvalue weighted by molar-refractivity contribution is 6.30. The van der Waals surface area contributed by atoms with Gasteiger partial charge in [-0.25, -0.2) is 0 Å². The molecule has 0 aromatic heterocycles. The number of hydrazone groups is 2. The first-order valence-electron chi connectivity index (χ1n) is 13.0. The molecular formula is C30H34N6O2. The van der Waals surface area contributed by atoms with Gasteiger partial charge in [0.25, 0.3) is 11.8 Å². The van der Waals surface area contributed by atoms with E-state index in [1.54, 1.807) is 0 Å². The van der Waals surface area contributed by atoms with Crippen molar-refractivity contribution in [2.24, 2.45) is 10.2 Å². The first kappa shape index (κ1) is 25.4. The number of benzene rings is 2. The number of carbonyl (C=O) groups excluding carboxylic acids is 2. The zero-order valence-corrected chi connectivity index (χ0v) is 22.9. The fraction of sp³-hybridized carbons (Fsp3) is 0.333. The number of carbonyl (C=O) groups is 2. The standard InChI is InChI=1S/C30H34N6O2/c1-19-7-9-27(21(3)15-19)35-29(37)25(23(5)31-35)17-33-11-13-34(14-12-33)18-26-24(6)32-36(30(26)38)28-10-8-20(2)16-22(28)4/h7-10,15-18H,11-14H2,1-6H3/b25-17+,26-18+. The molecule has 5 rings (SSSR count). The summed E-state index contributed by atoms with van der Waals surface area (Å²) in [4.78, 5) is 30.8. The lowest BCUT2D eigenvalue weighted by molar-refractivity contribution is -0.115. The first-order valence-corrected chi connectivity index (χ1v) is 13.0. The number of rotatable bonds is 4. The van der Waals surface area contributed by atoms with Crippen LogP contribution in [0.5, 0.6) is 0 Å². The van der Waals surface area contributed by atoms with Gasteiger partial charge in [0, 0.05) is 38.6 Å². The average molecular weight is 511 g/mol. The van der Waals surface area contributed by atoms with Crippen molar-refractivity contribution in [3.63, 3.8) is 0 Å². The van der Waals surface area contributed by atoms with Crippen LogP contribution in [-0.2, 0) is 9.59 Å². The molecule has 0 bridgehead atoms. The van der Waals surface area contributed by atoms with E-state index in [2.05, 4.69) is 32.1 Å². The summed E-state index contributed by atoms with van der Waals surface area (Å²) in [5.41, 5.74) is 8.65. The number of amides is 2. The molecule has 38 heavy (non-hydrogen) atoms. The van der Waals surface area contributed by atoms with Crippen LogP contribution in [0.2, 0.25) is 0 Å². The molecule has 0 unspecified atom stereocenters. The van der Waals surface area contributed by atoms with Crippen molar-refractivity contribution in [1.29, 1.82) is 0 Å². The van der Waals surface area contributed by atoms with E-state index in [4.69, 9.17) is 0 Å². The van der Waals surface area contributed by atoms with E-state index in [1.165, 1.54) is 10.0 Å². The third-order valence-electron chi connectivity index (χ3n) is 7.26. The molecule has 0 saturated carbocycles. The Kier molecular flexibility index (Phi) is 6.65. The molecule has 3 aliphatic rings. The Morgan fingerprint density at radius 2 is 0.974 bits per heavy atom.